The van der Waals surface area contributed by atoms with Crippen molar-refractivity contribution in [2.75, 3.05) is 13.2 Å². The molecule has 2 atom stereocenters. The number of carbonyl (C=O) groups excluding carboxylic acids is 1. The van der Waals surface area contributed by atoms with Gasteiger partial charge in [0.1, 0.15) is 0 Å². The third-order valence-electron chi connectivity index (χ3n) is 3.06. The zero-order chi connectivity index (χ0) is 13.4. The molecular weight excluding hydrogens is 228 g/mol. The predicted molar refractivity (Wildman–Crippen MR) is 72.0 cm³/mol. The fourth-order valence-electron chi connectivity index (χ4n) is 1.47. The normalized spacial score (nSPS) is 13.9. The van der Waals surface area contributed by atoms with Crippen molar-refractivity contribution in [2.45, 2.75) is 26.4 Å². The summed E-state index contributed by atoms with van der Waals surface area (Å²) in [6, 6.07) is 9.92. The Labute approximate surface area is 108 Å². The van der Waals surface area contributed by atoms with E-state index >= 15 is 0 Å². The fraction of sp³-hybridized carbons (Fsp3) is 0.500. The topological polar surface area (TPSA) is 61.4 Å². The SMILES string of the molecule is CC(CO)C(C)NCC(=O)NCc1ccccc1. The first kappa shape index (κ1) is 14.7. The first-order chi connectivity index (χ1) is 8.63. The molecule has 0 fully saturated rings. The highest BCUT2D eigenvalue weighted by molar-refractivity contribution is 5.77. The first-order valence-corrected chi connectivity index (χ1v) is 6.28. The molecule has 18 heavy (non-hydrogen) atoms. The van der Waals surface area contributed by atoms with Crippen LogP contribution in [-0.4, -0.2) is 30.2 Å². The van der Waals surface area contributed by atoms with Crippen LogP contribution in [0.3, 0.4) is 0 Å². The van der Waals surface area contributed by atoms with E-state index in [0.717, 1.165) is 5.56 Å². The lowest BCUT2D eigenvalue weighted by atomic mass is 10.1. The highest BCUT2D eigenvalue weighted by Gasteiger charge is 2.11. The van der Waals surface area contributed by atoms with E-state index in [2.05, 4.69) is 10.6 Å². The molecule has 4 nitrogen and oxygen atoms in total. The molecule has 3 N–H and O–H groups in total. The Morgan fingerprint density at radius 3 is 2.56 bits per heavy atom. The fourth-order valence-corrected chi connectivity index (χ4v) is 1.47. The molecule has 0 saturated carbocycles. The van der Waals surface area contributed by atoms with E-state index < -0.39 is 0 Å². The molecule has 0 spiro atoms. The van der Waals surface area contributed by atoms with Gasteiger partial charge in [0.05, 0.1) is 6.54 Å². The summed E-state index contributed by atoms with van der Waals surface area (Å²) in [6.45, 7) is 4.86. The van der Waals surface area contributed by atoms with Crippen molar-refractivity contribution in [1.82, 2.24) is 10.6 Å². The summed E-state index contributed by atoms with van der Waals surface area (Å²) >= 11 is 0. The van der Waals surface area contributed by atoms with Crippen LogP contribution in [0.25, 0.3) is 0 Å². The van der Waals surface area contributed by atoms with Gasteiger partial charge in [-0.05, 0) is 18.4 Å². The summed E-state index contributed by atoms with van der Waals surface area (Å²) in [5.74, 6) is 0.114. The molecule has 2 unspecified atom stereocenters. The van der Waals surface area contributed by atoms with Crippen LogP contribution >= 0.6 is 0 Å². The Balaban J connectivity index is 2.22. The van der Waals surface area contributed by atoms with Gasteiger partial charge >= 0.3 is 0 Å². The molecule has 0 aliphatic rings. The van der Waals surface area contributed by atoms with Crippen molar-refractivity contribution in [3.63, 3.8) is 0 Å². The Hall–Kier alpha value is -1.39. The molecule has 1 aromatic rings. The Morgan fingerprint density at radius 1 is 1.28 bits per heavy atom. The van der Waals surface area contributed by atoms with Crippen LogP contribution in [0.1, 0.15) is 19.4 Å². The van der Waals surface area contributed by atoms with Crippen molar-refractivity contribution in [2.24, 2.45) is 5.92 Å². The van der Waals surface area contributed by atoms with E-state index in [1.54, 1.807) is 0 Å². The Kier molecular flexibility index (Phi) is 6.39. The van der Waals surface area contributed by atoms with E-state index in [-0.39, 0.29) is 31.0 Å². The maximum absolute atomic E-state index is 11.6. The summed E-state index contributed by atoms with van der Waals surface area (Å²) in [7, 11) is 0. The predicted octanol–water partition coefficient (Wildman–Crippen LogP) is 0.909. The third kappa shape index (κ3) is 5.29. The lowest BCUT2D eigenvalue weighted by Gasteiger charge is -2.18. The van der Waals surface area contributed by atoms with Crippen LogP contribution in [0.15, 0.2) is 30.3 Å². The highest BCUT2D eigenvalue weighted by atomic mass is 16.3. The van der Waals surface area contributed by atoms with Gasteiger partial charge in [-0.15, -0.1) is 0 Å². The molecule has 0 aliphatic carbocycles. The number of carbonyl (C=O) groups is 1. The number of aliphatic hydroxyl groups is 1. The molecule has 0 aromatic heterocycles. The molecule has 100 valence electrons. The number of hydrogen-bond donors (Lipinski definition) is 3. The summed E-state index contributed by atoms with van der Waals surface area (Å²) in [4.78, 5) is 11.6. The summed E-state index contributed by atoms with van der Waals surface area (Å²) in [5.41, 5.74) is 1.09. The quantitative estimate of drug-likeness (QED) is 0.674. The van der Waals surface area contributed by atoms with E-state index in [4.69, 9.17) is 5.11 Å². The minimum absolute atomic E-state index is 0.0316. The number of aliphatic hydroxyl groups excluding tert-OH is 1. The van der Waals surface area contributed by atoms with Gasteiger partial charge in [-0.2, -0.15) is 0 Å². The number of rotatable bonds is 7. The van der Waals surface area contributed by atoms with Crippen LogP contribution in [0.5, 0.6) is 0 Å². The van der Waals surface area contributed by atoms with Gasteiger partial charge in [0.15, 0.2) is 0 Å². The largest absolute Gasteiger partial charge is 0.396 e. The second-order valence-electron chi connectivity index (χ2n) is 4.59. The van der Waals surface area contributed by atoms with Crippen LogP contribution in [-0.2, 0) is 11.3 Å². The minimum Gasteiger partial charge on any atom is -0.396 e. The Bertz CT molecular complexity index is 354. The lowest BCUT2D eigenvalue weighted by molar-refractivity contribution is -0.120. The monoisotopic (exact) mass is 250 g/mol. The average molecular weight is 250 g/mol. The van der Waals surface area contributed by atoms with Gasteiger partial charge in [0.25, 0.3) is 0 Å². The molecule has 0 bridgehead atoms. The highest BCUT2D eigenvalue weighted by Crippen LogP contribution is 2.00. The zero-order valence-electron chi connectivity index (χ0n) is 11.0. The van der Waals surface area contributed by atoms with Crippen molar-refractivity contribution in [3.05, 3.63) is 35.9 Å². The van der Waals surface area contributed by atoms with Crippen LogP contribution in [0.4, 0.5) is 0 Å². The van der Waals surface area contributed by atoms with Gasteiger partial charge in [-0.3, -0.25) is 4.79 Å². The first-order valence-electron chi connectivity index (χ1n) is 6.28. The lowest BCUT2D eigenvalue weighted by Crippen LogP contribution is -2.41. The smallest absolute Gasteiger partial charge is 0.234 e. The van der Waals surface area contributed by atoms with Crippen LogP contribution in [0, 0.1) is 5.92 Å². The minimum atomic E-state index is -0.0316. The molecule has 0 aliphatic heterocycles. The Morgan fingerprint density at radius 2 is 1.94 bits per heavy atom. The maximum atomic E-state index is 11.6. The zero-order valence-corrected chi connectivity index (χ0v) is 11.0. The molecule has 1 rings (SSSR count). The number of nitrogens with one attached hydrogen (secondary N) is 2. The molecule has 1 aromatic carbocycles. The van der Waals surface area contributed by atoms with Crippen molar-refractivity contribution in [1.29, 1.82) is 0 Å². The second kappa shape index (κ2) is 7.84. The average Bonchev–Trinajstić information content (AvgIpc) is 2.42. The van der Waals surface area contributed by atoms with E-state index in [1.807, 2.05) is 44.2 Å². The molecular formula is C14H22N2O2. The molecule has 0 radical (unpaired) electrons. The van der Waals surface area contributed by atoms with Crippen LogP contribution in [0.2, 0.25) is 0 Å². The summed E-state index contributed by atoms with van der Waals surface area (Å²) < 4.78 is 0. The van der Waals surface area contributed by atoms with Gasteiger partial charge in [-0.25, -0.2) is 0 Å². The third-order valence-corrected chi connectivity index (χ3v) is 3.06. The molecule has 1 amide bonds. The molecule has 0 saturated heterocycles. The van der Waals surface area contributed by atoms with Crippen molar-refractivity contribution >= 4 is 5.91 Å². The van der Waals surface area contributed by atoms with E-state index in [9.17, 15) is 4.79 Å². The maximum Gasteiger partial charge on any atom is 0.234 e. The van der Waals surface area contributed by atoms with Gasteiger partial charge in [0.2, 0.25) is 5.91 Å². The van der Waals surface area contributed by atoms with Crippen molar-refractivity contribution in [3.8, 4) is 0 Å². The summed E-state index contributed by atoms with van der Waals surface area (Å²) in [6.07, 6.45) is 0. The number of benzene rings is 1. The van der Waals surface area contributed by atoms with Gasteiger partial charge in [-0.1, -0.05) is 37.3 Å². The van der Waals surface area contributed by atoms with Crippen LogP contribution < -0.4 is 10.6 Å². The molecule has 0 heterocycles. The number of hydrogen-bond acceptors (Lipinski definition) is 3. The number of amides is 1. The molecule has 4 heteroatoms. The van der Waals surface area contributed by atoms with E-state index in [0.29, 0.717) is 6.54 Å². The van der Waals surface area contributed by atoms with E-state index in [1.165, 1.54) is 0 Å². The summed E-state index contributed by atoms with van der Waals surface area (Å²) in [5, 5.41) is 14.9. The second-order valence-corrected chi connectivity index (χ2v) is 4.59. The van der Waals surface area contributed by atoms with Gasteiger partial charge < -0.3 is 15.7 Å². The van der Waals surface area contributed by atoms with Crippen molar-refractivity contribution < 1.29 is 9.90 Å². The van der Waals surface area contributed by atoms with Gasteiger partial charge in [0, 0.05) is 19.2 Å². The standard InChI is InChI=1S/C14H22N2O2/c1-11(10-17)12(2)15-9-14(18)16-8-13-6-4-3-5-7-13/h3-7,11-12,15,17H,8-10H2,1-2H3,(H,16,18).